The highest BCUT2D eigenvalue weighted by Crippen LogP contribution is 2.21. The first-order valence-corrected chi connectivity index (χ1v) is 6.09. The lowest BCUT2D eigenvalue weighted by molar-refractivity contribution is -0.147. The van der Waals surface area contributed by atoms with E-state index in [9.17, 15) is 9.59 Å². The highest BCUT2D eigenvalue weighted by Gasteiger charge is 2.31. The molecule has 0 aliphatic carbocycles. The van der Waals surface area contributed by atoms with Crippen LogP contribution < -0.4 is 10.1 Å². The molecule has 1 unspecified atom stereocenters. The van der Waals surface area contributed by atoms with E-state index in [1.54, 1.807) is 38.1 Å². The fourth-order valence-corrected chi connectivity index (χ4v) is 1.55. The highest BCUT2D eigenvalue weighted by atomic mass is 16.5. The molecule has 19 heavy (non-hydrogen) atoms. The van der Waals surface area contributed by atoms with Crippen LogP contribution in [0.2, 0.25) is 0 Å². The van der Waals surface area contributed by atoms with Gasteiger partial charge in [-0.1, -0.05) is 19.1 Å². The lowest BCUT2D eigenvalue weighted by atomic mass is 9.87. The zero-order valence-electron chi connectivity index (χ0n) is 11.4. The van der Waals surface area contributed by atoms with E-state index in [1.165, 1.54) is 7.11 Å². The molecular weight excluding hydrogens is 246 g/mol. The van der Waals surface area contributed by atoms with Crippen LogP contribution in [0.3, 0.4) is 0 Å². The van der Waals surface area contributed by atoms with Gasteiger partial charge in [0, 0.05) is 6.54 Å². The summed E-state index contributed by atoms with van der Waals surface area (Å²) in [6.07, 6.45) is 0.439. The van der Waals surface area contributed by atoms with Crippen LogP contribution in [0.4, 0.5) is 0 Å². The second-order valence-corrected chi connectivity index (χ2v) is 4.60. The van der Waals surface area contributed by atoms with E-state index >= 15 is 0 Å². The van der Waals surface area contributed by atoms with E-state index in [4.69, 9.17) is 9.84 Å². The second kappa shape index (κ2) is 6.22. The smallest absolute Gasteiger partial charge is 0.311 e. The standard InChI is InChI=1S/C14H19NO4/c1-4-14(2,13(17)18)9-15-12(16)10-7-5-6-8-11(10)19-3/h5-8H,4,9H2,1-3H3,(H,15,16)(H,17,18). The van der Waals surface area contributed by atoms with E-state index in [2.05, 4.69) is 5.32 Å². The zero-order chi connectivity index (χ0) is 14.5. The van der Waals surface area contributed by atoms with Gasteiger partial charge in [-0.25, -0.2) is 0 Å². The van der Waals surface area contributed by atoms with Gasteiger partial charge in [0.15, 0.2) is 0 Å². The number of rotatable bonds is 6. The van der Waals surface area contributed by atoms with Crippen LogP contribution in [0.5, 0.6) is 5.75 Å². The summed E-state index contributed by atoms with van der Waals surface area (Å²) in [6.45, 7) is 3.47. The van der Waals surface area contributed by atoms with E-state index in [0.29, 0.717) is 17.7 Å². The number of nitrogens with one attached hydrogen (secondary N) is 1. The van der Waals surface area contributed by atoms with Crippen LogP contribution in [0.25, 0.3) is 0 Å². The van der Waals surface area contributed by atoms with Crippen molar-refractivity contribution in [1.82, 2.24) is 5.32 Å². The number of carboxylic acid groups (broad SMARTS) is 1. The van der Waals surface area contributed by atoms with Crippen molar-refractivity contribution in [2.24, 2.45) is 5.41 Å². The summed E-state index contributed by atoms with van der Waals surface area (Å²) in [5.74, 6) is -0.790. The van der Waals surface area contributed by atoms with Gasteiger partial charge in [-0.2, -0.15) is 0 Å². The Kier molecular flexibility index (Phi) is 4.92. The number of aliphatic carboxylic acids is 1. The number of hydrogen-bond donors (Lipinski definition) is 2. The predicted molar refractivity (Wildman–Crippen MR) is 71.4 cm³/mol. The molecule has 0 aliphatic rings. The molecule has 1 amide bonds. The van der Waals surface area contributed by atoms with Gasteiger partial charge in [-0.15, -0.1) is 0 Å². The van der Waals surface area contributed by atoms with Crippen molar-refractivity contribution in [3.63, 3.8) is 0 Å². The van der Waals surface area contributed by atoms with Crippen molar-refractivity contribution in [1.29, 1.82) is 0 Å². The molecule has 1 aromatic carbocycles. The lowest BCUT2D eigenvalue weighted by Gasteiger charge is -2.23. The summed E-state index contributed by atoms with van der Waals surface area (Å²) in [5.41, 5.74) is -0.564. The van der Waals surface area contributed by atoms with E-state index in [-0.39, 0.29) is 12.5 Å². The molecule has 0 aromatic heterocycles. The van der Waals surface area contributed by atoms with Gasteiger partial charge in [-0.3, -0.25) is 9.59 Å². The summed E-state index contributed by atoms with van der Waals surface area (Å²) in [6, 6.07) is 6.82. The van der Waals surface area contributed by atoms with Gasteiger partial charge in [0.05, 0.1) is 18.1 Å². The largest absolute Gasteiger partial charge is 0.496 e. The maximum Gasteiger partial charge on any atom is 0.311 e. The summed E-state index contributed by atoms with van der Waals surface area (Å²) < 4.78 is 5.10. The molecule has 5 heteroatoms. The normalized spacial score (nSPS) is 13.4. The van der Waals surface area contributed by atoms with Gasteiger partial charge in [-0.05, 0) is 25.5 Å². The summed E-state index contributed by atoms with van der Waals surface area (Å²) in [4.78, 5) is 23.2. The van der Waals surface area contributed by atoms with E-state index in [1.807, 2.05) is 0 Å². The molecule has 1 rings (SSSR count). The molecule has 5 nitrogen and oxygen atoms in total. The molecule has 0 spiro atoms. The molecular formula is C14H19NO4. The number of ether oxygens (including phenoxy) is 1. The average Bonchev–Trinajstić information content (AvgIpc) is 2.43. The highest BCUT2D eigenvalue weighted by molar-refractivity contribution is 5.97. The average molecular weight is 265 g/mol. The summed E-state index contributed by atoms with van der Waals surface area (Å²) in [5, 5.41) is 11.8. The molecule has 104 valence electrons. The van der Waals surface area contributed by atoms with Crippen molar-refractivity contribution in [2.45, 2.75) is 20.3 Å². The predicted octanol–water partition coefficient (Wildman–Crippen LogP) is 1.93. The van der Waals surface area contributed by atoms with Gasteiger partial charge >= 0.3 is 5.97 Å². The van der Waals surface area contributed by atoms with E-state index < -0.39 is 11.4 Å². The van der Waals surface area contributed by atoms with Crippen molar-refractivity contribution in [3.8, 4) is 5.75 Å². The molecule has 1 atom stereocenters. The first-order valence-electron chi connectivity index (χ1n) is 6.09. The first-order chi connectivity index (χ1) is 8.94. The van der Waals surface area contributed by atoms with Crippen molar-refractivity contribution in [3.05, 3.63) is 29.8 Å². The zero-order valence-corrected chi connectivity index (χ0v) is 11.4. The van der Waals surface area contributed by atoms with Crippen LogP contribution in [-0.4, -0.2) is 30.6 Å². The maximum atomic E-state index is 12.0. The van der Waals surface area contributed by atoms with Crippen LogP contribution in [0.15, 0.2) is 24.3 Å². The Bertz CT molecular complexity index is 472. The minimum absolute atomic E-state index is 0.0791. The Morgan fingerprint density at radius 2 is 2.00 bits per heavy atom. The lowest BCUT2D eigenvalue weighted by Crippen LogP contribution is -2.40. The molecule has 0 radical (unpaired) electrons. The van der Waals surface area contributed by atoms with Gasteiger partial charge in [0.25, 0.3) is 5.91 Å². The minimum Gasteiger partial charge on any atom is -0.496 e. The maximum absolute atomic E-state index is 12.0. The third kappa shape index (κ3) is 3.47. The Balaban J connectivity index is 2.78. The van der Waals surface area contributed by atoms with Crippen molar-refractivity contribution in [2.75, 3.05) is 13.7 Å². The quantitative estimate of drug-likeness (QED) is 0.824. The number of amides is 1. The number of carboxylic acids is 1. The second-order valence-electron chi connectivity index (χ2n) is 4.60. The van der Waals surface area contributed by atoms with Crippen molar-refractivity contribution >= 4 is 11.9 Å². The minimum atomic E-state index is -0.961. The number of hydrogen-bond acceptors (Lipinski definition) is 3. The Labute approximate surface area is 112 Å². The fourth-order valence-electron chi connectivity index (χ4n) is 1.55. The van der Waals surface area contributed by atoms with Crippen LogP contribution in [0, 0.1) is 5.41 Å². The molecule has 0 bridgehead atoms. The van der Waals surface area contributed by atoms with Gasteiger partial charge in [0.2, 0.25) is 0 Å². The molecule has 0 saturated carbocycles. The number of methoxy groups -OCH3 is 1. The van der Waals surface area contributed by atoms with Gasteiger partial charge in [0.1, 0.15) is 5.75 Å². The number of carbonyl (C=O) groups is 2. The molecule has 0 heterocycles. The molecule has 0 fully saturated rings. The van der Waals surface area contributed by atoms with Crippen LogP contribution >= 0.6 is 0 Å². The van der Waals surface area contributed by atoms with Crippen molar-refractivity contribution < 1.29 is 19.4 Å². The topological polar surface area (TPSA) is 75.6 Å². The molecule has 0 aliphatic heterocycles. The van der Waals surface area contributed by atoms with E-state index in [0.717, 1.165) is 0 Å². The monoisotopic (exact) mass is 265 g/mol. The van der Waals surface area contributed by atoms with Crippen LogP contribution in [-0.2, 0) is 4.79 Å². The number of benzene rings is 1. The summed E-state index contributed by atoms with van der Waals surface area (Å²) in [7, 11) is 1.49. The fraction of sp³-hybridized carbons (Fsp3) is 0.429. The first kappa shape index (κ1) is 15.0. The SMILES string of the molecule is CCC(C)(CNC(=O)c1ccccc1OC)C(=O)O. The number of carbonyl (C=O) groups excluding carboxylic acids is 1. The number of para-hydroxylation sites is 1. The van der Waals surface area contributed by atoms with Crippen LogP contribution in [0.1, 0.15) is 30.6 Å². The molecule has 0 saturated heterocycles. The Morgan fingerprint density at radius 1 is 1.37 bits per heavy atom. The summed E-state index contributed by atoms with van der Waals surface area (Å²) >= 11 is 0. The van der Waals surface area contributed by atoms with Gasteiger partial charge < -0.3 is 15.2 Å². The third-order valence-electron chi connectivity index (χ3n) is 3.29. The molecule has 1 aromatic rings. The Morgan fingerprint density at radius 3 is 2.53 bits per heavy atom. The third-order valence-corrected chi connectivity index (χ3v) is 3.29. The molecule has 2 N–H and O–H groups in total. The Hall–Kier alpha value is -2.04.